The van der Waals surface area contributed by atoms with E-state index in [4.69, 9.17) is 0 Å². The molecule has 0 spiro atoms. The van der Waals surface area contributed by atoms with Gasteiger partial charge >= 0.3 is 0 Å². The Hall–Kier alpha value is -4.68. The Morgan fingerprint density at radius 3 is 1.17 bits per heavy atom. The van der Waals surface area contributed by atoms with Gasteiger partial charge < -0.3 is 0 Å². The van der Waals surface area contributed by atoms with Gasteiger partial charge in [0.15, 0.2) is 0 Å². The maximum Gasteiger partial charge on any atom is -0.00204 e. The van der Waals surface area contributed by atoms with Crippen molar-refractivity contribution in [2.75, 3.05) is 0 Å². The fraction of sp³-hybridized carbons (Fsp3) is 0.234. The van der Waals surface area contributed by atoms with Gasteiger partial charge in [-0.15, -0.1) is 0 Å². The van der Waals surface area contributed by atoms with Crippen molar-refractivity contribution in [1.82, 2.24) is 0 Å². The monoisotopic (exact) mass is 612 g/mol. The van der Waals surface area contributed by atoms with Crippen molar-refractivity contribution in [1.29, 1.82) is 0 Å². The molecule has 0 amide bonds. The molecule has 0 saturated heterocycles. The Morgan fingerprint density at radius 2 is 0.702 bits per heavy atom. The highest BCUT2D eigenvalue weighted by Crippen LogP contribution is 2.25. The third kappa shape index (κ3) is 8.01. The van der Waals surface area contributed by atoms with Crippen molar-refractivity contribution < 1.29 is 0 Å². The third-order valence-electron chi connectivity index (χ3n) is 10.1. The number of hydrogen-bond donors (Lipinski definition) is 0. The maximum atomic E-state index is 2.40. The minimum Gasteiger partial charge on any atom is -0.0620 e. The molecular formula is C47H48. The molecule has 0 N–H and O–H groups in total. The minimum absolute atomic E-state index is 0.958. The molecule has 6 aromatic rings. The summed E-state index contributed by atoms with van der Waals surface area (Å²) >= 11 is 0. The predicted molar refractivity (Wildman–Crippen MR) is 201 cm³/mol. The predicted octanol–water partition coefficient (Wildman–Crippen LogP) is 11.5. The number of aryl methyl sites for hydroxylation is 5. The Kier molecular flexibility index (Phi) is 9.88. The number of rotatable bonds is 10. The molecule has 0 fully saturated rings. The van der Waals surface area contributed by atoms with Crippen LogP contribution in [-0.2, 0) is 32.1 Å². The van der Waals surface area contributed by atoms with E-state index < -0.39 is 0 Å². The van der Waals surface area contributed by atoms with Crippen LogP contribution in [0.4, 0.5) is 0 Å². The zero-order chi connectivity index (χ0) is 32.9. The molecule has 0 aliphatic carbocycles. The van der Waals surface area contributed by atoms with Crippen molar-refractivity contribution >= 4 is 0 Å². The second-order valence-corrected chi connectivity index (χ2v) is 13.8. The maximum absolute atomic E-state index is 2.40. The Bertz CT molecular complexity index is 2020. The van der Waals surface area contributed by atoms with Crippen LogP contribution in [0.5, 0.6) is 0 Å². The molecule has 236 valence electrons. The molecule has 0 heterocycles. The van der Waals surface area contributed by atoms with Gasteiger partial charge in [-0.1, -0.05) is 127 Å². The van der Waals surface area contributed by atoms with Gasteiger partial charge in [0.2, 0.25) is 0 Å². The second-order valence-electron chi connectivity index (χ2n) is 13.8. The molecule has 0 aromatic heterocycles. The quantitative estimate of drug-likeness (QED) is 0.144. The van der Waals surface area contributed by atoms with Crippen molar-refractivity contribution in [2.45, 2.75) is 73.6 Å². The molecule has 0 aliphatic rings. The first-order valence-electron chi connectivity index (χ1n) is 17.1. The molecule has 6 aromatic carbocycles. The summed E-state index contributed by atoms with van der Waals surface area (Å²) in [4.78, 5) is 0. The zero-order valence-electron chi connectivity index (χ0n) is 29.1. The fourth-order valence-corrected chi connectivity index (χ4v) is 7.04. The first kappa shape index (κ1) is 32.3. The summed E-state index contributed by atoms with van der Waals surface area (Å²) in [6.07, 6.45) is 4.88. The van der Waals surface area contributed by atoms with Crippen LogP contribution in [0.1, 0.15) is 89.0 Å². The van der Waals surface area contributed by atoms with E-state index >= 15 is 0 Å². The fourth-order valence-electron chi connectivity index (χ4n) is 7.04. The van der Waals surface area contributed by atoms with E-state index in [2.05, 4.69) is 163 Å². The Morgan fingerprint density at radius 1 is 0.298 bits per heavy atom. The van der Waals surface area contributed by atoms with Gasteiger partial charge in [-0.25, -0.2) is 0 Å². The van der Waals surface area contributed by atoms with Gasteiger partial charge in [-0.2, -0.15) is 0 Å². The molecule has 0 bridgehead atoms. The van der Waals surface area contributed by atoms with Crippen LogP contribution >= 0.6 is 0 Å². The summed E-state index contributed by atoms with van der Waals surface area (Å²) in [6.45, 7) is 13.5. The van der Waals surface area contributed by atoms with Crippen LogP contribution in [0.15, 0.2) is 121 Å². The second kappa shape index (κ2) is 14.4. The summed E-state index contributed by atoms with van der Waals surface area (Å²) < 4.78 is 0. The van der Waals surface area contributed by atoms with Crippen LogP contribution in [0.2, 0.25) is 0 Å². The van der Waals surface area contributed by atoms with Gasteiger partial charge in [0, 0.05) is 0 Å². The summed E-state index contributed by atoms with van der Waals surface area (Å²) in [6, 6.07) is 45.6. The van der Waals surface area contributed by atoms with Crippen LogP contribution in [0.25, 0.3) is 0 Å². The van der Waals surface area contributed by atoms with Crippen molar-refractivity contribution in [3.63, 3.8) is 0 Å². The SMILES string of the molecule is Cc1cccc(Cc2ccc(Cc3ccc(Cc4ccc(Cc5cccc(Cc6ccccc6C)c5C)c(C)c4)cc3C)c(C)c2)c1. The van der Waals surface area contributed by atoms with E-state index in [0.29, 0.717) is 0 Å². The first-order valence-corrected chi connectivity index (χ1v) is 17.1. The summed E-state index contributed by atoms with van der Waals surface area (Å²) in [7, 11) is 0. The number of hydrogen-bond acceptors (Lipinski definition) is 0. The molecule has 0 heteroatoms. The van der Waals surface area contributed by atoms with Crippen molar-refractivity contribution in [2.24, 2.45) is 0 Å². The van der Waals surface area contributed by atoms with Crippen LogP contribution in [0, 0.1) is 41.5 Å². The first-order chi connectivity index (χ1) is 22.7. The number of benzene rings is 6. The van der Waals surface area contributed by atoms with E-state index in [-0.39, 0.29) is 0 Å². The largest absolute Gasteiger partial charge is 0.0620 e. The molecule has 0 saturated carbocycles. The van der Waals surface area contributed by atoms with E-state index in [1.165, 1.54) is 89.0 Å². The molecular weight excluding hydrogens is 565 g/mol. The highest BCUT2D eigenvalue weighted by atomic mass is 14.2. The van der Waals surface area contributed by atoms with Gasteiger partial charge in [-0.3, -0.25) is 0 Å². The molecule has 0 radical (unpaired) electrons. The minimum atomic E-state index is 0.958. The van der Waals surface area contributed by atoms with Gasteiger partial charge in [0.1, 0.15) is 0 Å². The average Bonchev–Trinajstić information content (AvgIpc) is 3.04. The van der Waals surface area contributed by atoms with E-state index in [1.54, 1.807) is 0 Å². The average molecular weight is 613 g/mol. The highest BCUT2D eigenvalue weighted by Gasteiger charge is 2.11. The van der Waals surface area contributed by atoms with Crippen LogP contribution < -0.4 is 0 Å². The molecule has 0 atom stereocenters. The molecule has 47 heavy (non-hydrogen) atoms. The van der Waals surface area contributed by atoms with Gasteiger partial charge in [0.25, 0.3) is 0 Å². The van der Waals surface area contributed by atoms with Crippen LogP contribution in [-0.4, -0.2) is 0 Å². The lowest BCUT2D eigenvalue weighted by Crippen LogP contribution is -2.01. The smallest absolute Gasteiger partial charge is 0.00204 e. The van der Waals surface area contributed by atoms with Gasteiger partial charge in [-0.05, 0) is 157 Å². The van der Waals surface area contributed by atoms with E-state index in [1.807, 2.05) is 0 Å². The Balaban J connectivity index is 1.10. The summed E-state index contributed by atoms with van der Waals surface area (Å²) in [5.41, 5.74) is 22.3. The molecule has 0 nitrogen and oxygen atoms in total. The standard InChI is InChI=1S/C47H48/c1-32-11-9-13-38(23-32)27-39-17-20-43(34(3)24-39)29-44-21-18-40(25-35(44)4)28-41-19-22-45(36(5)26-41)31-47-16-10-15-46(37(47)6)30-42-14-8-7-12-33(42)2/h7-26H,27-31H2,1-6H3. The van der Waals surface area contributed by atoms with Crippen LogP contribution in [0.3, 0.4) is 0 Å². The van der Waals surface area contributed by atoms with Crippen molar-refractivity contribution in [3.8, 4) is 0 Å². The summed E-state index contributed by atoms with van der Waals surface area (Å²) in [5.74, 6) is 0. The lowest BCUT2D eigenvalue weighted by molar-refractivity contribution is 1.06. The molecule has 6 rings (SSSR count). The molecule has 0 unspecified atom stereocenters. The van der Waals surface area contributed by atoms with Crippen molar-refractivity contribution in [3.05, 3.63) is 210 Å². The lowest BCUT2D eigenvalue weighted by Gasteiger charge is -2.15. The van der Waals surface area contributed by atoms with E-state index in [0.717, 1.165) is 32.1 Å². The summed E-state index contributed by atoms with van der Waals surface area (Å²) in [5, 5.41) is 0. The zero-order valence-corrected chi connectivity index (χ0v) is 29.1. The van der Waals surface area contributed by atoms with Gasteiger partial charge in [0.05, 0.1) is 0 Å². The van der Waals surface area contributed by atoms with E-state index in [9.17, 15) is 0 Å². The third-order valence-corrected chi connectivity index (χ3v) is 10.1. The normalized spacial score (nSPS) is 11.2. The topological polar surface area (TPSA) is 0 Å². The molecule has 0 aliphatic heterocycles. The highest BCUT2D eigenvalue weighted by molar-refractivity contribution is 5.45. The Labute approximate surface area is 283 Å². The lowest BCUT2D eigenvalue weighted by atomic mass is 9.90.